The summed E-state index contributed by atoms with van der Waals surface area (Å²) < 4.78 is 12.0. The number of carbonyl (C=O) groups excluding carboxylic acids is 2. The Morgan fingerprint density at radius 3 is 2.08 bits per heavy atom. The average molecular weight is 561 g/mol. The zero-order valence-electron chi connectivity index (χ0n) is 20.8. The molecule has 1 aliphatic heterocycles. The second-order valence-electron chi connectivity index (χ2n) is 9.57. The fourth-order valence-electron chi connectivity index (χ4n) is 5.63. The SMILES string of the molecule is CCOc1cc(C2C3=C(CCCC3=O)N(C)C3=C2C(=O)CCC3)cc(Cl)c1OCc1ccc(Cl)c(Cl)c1. The van der Waals surface area contributed by atoms with Crippen LogP contribution in [-0.4, -0.2) is 30.1 Å². The van der Waals surface area contributed by atoms with Crippen LogP contribution >= 0.6 is 34.8 Å². The van der Waals surface area contributed by atoms with Gasteiger partial charge in [-0.05, 0) is 68.0 Å². The van der Waals surface area contributed by atoms with Gasteiger partial charge >= 0.3 is 0 Å². The van der Waals surface area contributed by atoms with Gasteiger partial charge in [-0.2, -0.15) is 0 Å². The van der Waals surface area contributed by atoms with Gasteiger partial charge in [0.15, 0.2) is 23.1 Å². The molecule has 0 radical (unpaired) electrons. The van der Waals surface area contributed by atoms with Gasteiger partial charge in [-0.1, -0.05) is 40.9 Å². The Bertz CT molecular complexity index is 1300. The predicted octanol–water partition coefficient (Wildman–Crippen LogP) is 7.67. The number of allylic oxidation sites excluding steroid dienone is 4. The van der Waals surface area contributed by atoms with Crippen LogP contribution in [0.15, 0.2) is 52.9 Å². The van der Waals surface area contributed by atoms with Crippen molar-refractivity contribution in [1.29, 1.82) is 0 Å². The largest absolute Gasteiger partial charge is 0.490 e. The molecule has 0 saturated heterocycles. The summed E-state index contributed by atoms with van der Waals surface area (Å²) in [6.07, 6.45) is 4.23. The molecule has 0 atom stereocenters. The smallest absolute Gasteiger partial charge is 0.180 e. The third-order valence-electron chi connectivity index (χ3n) is 7.28. The molecular formula is C29H28Cl3NO4. The zero-order valence-corrected chi connectivity index (χ0v) is 23.1. The van der Waals surface area contributed by atoms with E-state index in [0.717, 1.165) is 48.2 Å². The lowest BCUT2D eigenvalue weighted by atomic mass is 9.71. The highest BCUT2D eigenvalue weighted by atomic mass is 35.5. The summed E-state index contributed by atoms with van der Waals surface area (Å²) in [5, 5.41) is 1.27. The monoisotopic (exact) mass is 559 g/mol. The number of ether oxygens (including phenoxy) is 2. The molecule has 5 rings (SSSR count). The van der Waals surface area contributed by atoms with Crippen molar-refractivity contribution in [2.45, 2.75) is 58.0 Å². The summed E-state index contributed by atoms with van der Waals surface area (Å²) in [6, 6.07) is 8.98. The maximum atomic E-state index is 13.3. The molecule has 0 unspecified atom stereocenters. The minimum absolute atomic E-state index is 0.0945. The second kappa shape index (κ2) is 10.7. The van der Waals surface area contributed by atoms with Gasteiger partial charge < -0.3 is 14.4 Å². The molecule has 2 aromatic rings. The van der Waals surface area contributed by atoms with Crippen molar-refractivity contribution >= 4 is 46.4 Å². The molecule has 0 bridgehead atoms. The molecule has 3 aliphatic rings. The van der Waals surface area contributed by atoms with Gasteiger partial charge in [-0.25, -0.2) is 0 Å². The number of Topliss-reactive ketones (excluding diaryl/α,β-unsaturated/α-hetero) is 2. The maximum absolute atomic E-state index is 13.3. The molecule has 0 aromatic heterocycles. The highest BCUT2D eigenvalue weighted by molar-refractivity contribution is 6.42. The number of ketones is 2. The maximum Gasteiger partial charge on any atom is 0.180 e. The van der Waals surface area contributed by atoms with Gasteiger partial charge in [0.25, 0.3) is 0 Å². The summed E-state index contributed by atoms with van der Waals surface area (Å²) in [5.74, 6) is 0.608. The van der Waals surface area contributed by atoms with Gasteiger partial charge in [0, 0.05) is 48.3 Å². The van der Waals surface area contributed by atoms with Crippen molar-refractivity contribution in [2.24, 2.45) is 0 Å². The number of nitrogens with zero attached hydrogens (tertiary/aromatic N) is 1. The van der Waals surface area contributed by atoms with Gasteiger partial charge in [0.2, 0.25) is 0 Å². The van der Waals surface area contributed by atoms with E-state index < -0.39 is 5.92 Å². The average Bonchev–Trinajstić information content (AvgIpc) is 2.87. The molecule has 0 fully saturated rings. The Hall–Kier alpha value is -2.47. The minimum atomic E-state index is -0.456. The first kappa shape index (κ1) is 26.1. The highest BCUT2D eigenvalue weighted by Crippen LogP contribution is 2.50. The Labute approximate surface area is 232 Å². The van der Waals surface area contributed by atoms with Crippen molar-refractivity contribution in [2.75, 3.05) is 13.7 Å². The van der Waals surface area contributed by atoms with Crippen LogP contribution in [0.1, 0.15) is 62.5 Å². The van der Waals surface area contributed by atoms with Crippen LogP contribution in [0.3, 0.4) is 0 Å². The van der Waals surface area contributed by atoms with Crippen molar-refractivity contribution in [1.82, 2.24) is 4.90 Å². The number of halogens is 3. The van der Waals surface area contributed by atoms with Crippen molar-refractivity contribution in [3.63, 3.8) is 0 Å². The molecule has 37 heavy (non-hydrogen) atoms. The number of hydrogen-bond donors (Lipinski definition) is 0. The molecule has 0 N–H and O–H groups in total. The fraction of sp³-hybridized carbons (Fsp3) is 0.379. The summed E-state index contributed by atoms with van der Waals surface area (Å²) in [7, 11) is 1.98. The van der Waals surface area contributed by atoms with E-state index in [9.17, 15) is 9.59 Å². The van der Waals surface area contributed by atoms with E-state index in [4.69, 9.17) is 44.3 Å². The first-order valence-electron chi connectivity index (χ1n) is 12.6. The molecule has 8 heteroatoms. The van der Waals surface area contributed by atoms with E-state index in [-0.39, 0.29) is 18.2 Å². The van der Waals surface area contributed by atoms with Crippen LogP contribution in [0.2, 0.25) is 15.1 Å². The summed E-state index contributed by atoms with van der Waals surface area (Å²) in [5.41, 5.74) is 5.07. The van der Waals surface area contributed by atoms with Crippen LogP contribution in [0, 0.1) is 0 Å². The van der Waals surface area contributed by atoms with E-state index in [1.807, 2.05) is 32.2 Å². The summed E-state index contributed by atoms with van der Waals surface area (Å²) >= 11 is 19.0. The van der Waals surface area contributed by atoms with Gasteiger partial charge in [-0.15, -0.1) is 0 Å². The highest BCUT2D eigenvalue weighted by Gasteiger charge is 2.42. The van der Waals surface area contributed by atoms with E-state index in [1.165, 1.54) is 0 Å². The molecule has 2 aliphatic carbocycles. The van der Waals surface area contributed by atoms with Gasteiger partial charge in [0.05, 0.1) is 21.7 Å². The number of benzene rings is 2. The molecule has 0 amide bonds. The van der Waals surface area contributed by atoms with E-state index in [2.05, 4.69) is 4.90 Å². The zero-order chi connectivity index (χ0) is 26.3. The molecule has 0 spiro atoms. The molecule has 0 saturated carbocycles. The lowest BCUT2D eigenvalue weighted by molar-refractivity contribution is -0.117. The van der Waals surface area contributed by atoms with Crippen LogP contribution in [0.4, 0.5) is 0 Å². The third-order valence-corrected chi connectivity index (χ3v) is 8.30. The van der Waals surface area contributed by atoms with Gasteiger partial charge in [0.1, 0.15) is 6.61 Å². The predicted molar refractivity (Wildman–Crippen MR) is 146 cm³/mol. The van der Waals surface area contributed by atoms with Gasteiger partial charge in [-0.3, -0.25) is 9.59 Å². The summed E-state index contributed by atoms with van der Waals surface area (Å²) in [6.45, 7) is 2.50. The topological polar surface area (TPSA) is 55.8 Å². The Balaban J connectivity index is 1.58. The Kier molecular flexibility index (Phi) is 7.58. The molecule has 5 nitrogen and oxygen atoms in total. The first-order valence-corrected chi connectivity index (χ1v) is 13.7. The van der Waals surface area contributed by atoms with Crippen LogP contribution in [0.25, 0.3) is 0 Å². The fourth-order valence-corrected chi connectivity index (χ4v) is 6.22. The normalized spacial score (nSPS) is 18.2. The number of rotatable bonds is 6. The molecule has 194 valence electrons. The van der Waals surface area contributed by atoms with Crippen LogP contribution in [0.5, 0.6) is 11.5 Å². The molecule has 2 aromatic carbocycles. The minimum Gasteiger partial charge on any atom is -0.490 e. The van der Waals surface area contributed by atoms with Crippen molar-refractivity contribution in [3.05, 3.63) is 79.1 Å². The van der Waals surface area contributed by atoms with E-state index in [1.54, 1.807) is 12.1 Å². The standard InChI is InChI=1S/C29H28Cl3NO4/c1-3-36-25-14-17(13-20(32)29(25)37-15-16-10-11-18(30)19(31)12-16)26-27-21(6-4-8-23(27)34)33(2)22-7-5-9-24(35)28(22)26/h10-14,26H,3-9,15H2,1-2H3. The Morgan fingerprint density at radius 2 is 1.49 bits per heavy atom. The molecule has 1 heterocycles. The first-order chi connectivity index (χ1) is 17.8. The molecular weight excluding hydrogens is 533 g/mol. The van der Waals surface area contributed by atoms with Crippen LogP contribution in [-0.2, 0) is 16.2 Å². The van der Waals surface area contributed by atoms with Crippen molar-refractivity contribution < 1.29 is 19.1 Å². The van der Waals surface area contributed by atoms with E-state index in [0.29, 0.717) is 57.2 Å². The van der Waals surface area contributed by atoms with Crippen LogP contribution < -0.4 is 9.47 Å². The lowest BCUT2D eigenvalue weighted by Crippen LogP contribution is -2.37. The van der Waals surface area contributed by atoms with E-state index >= 15 is 0 Å². The second-order valence-corrected chi connectivity index (χ2v) is 10.8. The quantitative estimate of drug-likeness (QED) is 0.363. The third kappa shape index (κ3) is 4.89. The number of hydrogen-bond acceptors (Lipinski definition) is 5. The lowest BCUT2D eigenvalue weighted by Gasteiger charge is -2.42. The summed E-state index contributed by atoms with van der Waals surface area (Å²) in [4.78, 5) is 28.7. The Morgan fingerprint density at radius 1 is 0.838 bits per heavy atom. The number of carbonyl (C=O) groups is 2. The van der Waals surface area contributed by atoms with Crippen molar-refractivity contribution in [3.8, 4) is 11.5 Å².